The van der Waals surface area contributed by atoms with Crippen LogP contribution in [0.1, 0.15) is 15.4 Å². The van der Waals surface area contributed by atoms with Crippen LogP contribution in [0.5, 0.6) is 0 Å². The van der Waals surface area contributed by atoms with Gasteiger partial charge in [0.25, 0.3) is 5.91 Å². The molecule has 2 heterocycles. The zero-order valence-electron chi connectivity index (χ0n) is 11.9. The van der Waals surface area contributed by atoms with Crippen molar-refractivity contribution in [3.8, 4) is 0 Å². The maximum atomic E-state index is 12.7. The van der Waals surface area contributed by atoms with Gasteiger partial charge in [-0.15, -0.1) is 17.9 Å². The van der Waals surface area contributed by atoms with Crippen LogP contribution < -0.4 is 0 Å². The molecule has 0 bridgehead atoms. The largest absolute Gasteiger partial charge is 0.351 e. The number of halogens is 1. The smallest absolute Gasteiger partial charge is 0.270 e. The van der Waals surface area contributed by atoms with Gasteiger partial charge >= 0.3 is 0 Å². The molecule has 0 saturated carbocycles. The molecule has 3 rings (SSSR count). The van der Waals surface area contributed by atoms with Crippen molar-refractivity contribution in [3.05, 3.63) is 70.0 Å². The molecular weight excluding hydrogens is 316 g/mol. The number of hydrogen-bond acceptors (Lipinski definition) is 2. The highest BCUT2D eigenvalue weighted by atomic mass is 35.5. The Morgan fingerprint density at radius 2 is 2.14 bits per heavy atom. The molecule has 0 spiro atoms. The van der Waals surface area contributed by atoms with Crippen LogP contribution in [0, 0.1) is 0 Å². The van der Waals surface area contributed by atoms with Crippen LogP contribution in [-0.2, 0) is 6.54 Å². The predicted molar refractivity (Wildman–Crippen MR) is 92.6 cm³/mol. The molecular formula is C17H15ClN2OS. The molecule has 1 aromatic carbocycles. The summed E-state index contributed by atoms with van der Waals surface area (Å²) in [6.07, 6.45) is 1.73. The Balaban J connectivity index is 1.86. The van der Waals surface area contributed by atoms with Crippen molar-refractivity contribution < 1.29 is 4.79 Å². The molecule has 1 N–H and O–H groups in total. The van der Waals surface area contributed by atoms with E-state index in [1.54, 1.807) is 11.0 Å². The van der Waals surface area contributed by atoms with Crippen molar-refractivity contribution in [1.82, 2.24) is 9.88 Å². The highest BCUT2D eigenvalue weighted by Crippen LogP contribution is 2.24. The first-order valence-electron chi connectivity index (χ1n) is 6.89. The van der Waals surface area contributed by atoms with Gasteiger partial charge in [-0.2, -0.15) is 0 Å². The van der Waals surface area contributed by atoms with Crippen LogP contribution in [0.15, 0.2) is 55.1 Å². The van der Waals surface area contributed by atoms with E-state index >= 15 is 0 Å². The summed E-state index contributed by atoms with van der Waals surface area (Å²) < 4.78 is 0.728. The van der Waals surface area contributed by atoms with Gasteiger partial charge in [-0.1, -0.05) is 35.9 Å². The summed E-state index contributed by atoms with van der Waals surface area (Å²) in [7, 11) is 0. The fourth-order valence-electron chi connectivity index (χ4n) is 2.36. The minimum Gasteiger partial charge on any atom is -0.351 e. The van der Waals surface area contributed by atoms with Gasteiger partial charge in [0.15, 0.2) is 0 Å². The van der Waals surface area contributed by atoms with E-state index < -0.39 is 0 Å². The highest BCUT2D eigenvalue weighted by Gasteiger charge is 2.17. The third-order valence-electron chi connectivity index (χ3n) is 3.37. The lowest BCUT2D eigenvalue weighted by atomic mass is 10.2. The van der Waals surface area contributed by atoms with Gasteiger partial charge < -0.3 is 9.88 Å². The Kier molecular flexibility index (Phi) is 4.32. The van der Waals surface area contributed by atoms with E-state index in [1.807, 2.05) is 42.5 Å². The maximum Gasteiger partial charge on any atom is 0.270 e. The number of aromatic amines is 1. The third kappa shape index (κ3) is 3.08. The van der Waals surface area contributed by atoms with Crippen LogP contribution in [0.3, 0.4) is 0 Å². The van der Waals surface area contributed by atoms with E-state index in [0.29, 0.717) is 18.8 Å². The van der Waals surface area contributed by atoms with E-state index in [9.17, 15) is 4.79 Å². The number of amides is 1. The lowest BCUT2D eigenvalue weighted by Crippen LogP contribution is -2.30. The number of nitrogens with one attached hydrogen (secondary N) is 1. The standard InChI is InChI=1S/C17H15ClN2OS/c1-2-9-20(11-13-7-8-16(18)22-13)17(21)15-10-12-5-3-4-6-14(12)19-15/h2-8,10,19H,1,9,11H2. The quantitative estimate of drug-likeness (QED) is 0.676. The molecule has 5 heteroatoms. The van der Waals surface area contributed by atoms with Crippen molar-refractivity contribution in [2.24, 2.45) is 0 Å². The van der Waals surface area contributed by atoms with E-state index in [4.69, 9.17) is 11.6 Å². The first-order chi connectivity index (χ1) is 10.7. The van der Waals surface area contributed by atoms with Crippen molar-refractivity contribution in [2.45, 2.75) is 6.54 Å². The molecule has 0 aliphatic heterocycles. The second kappa shape index (κ2) is 6.38. The molecule has 2 aromatic heterocycles. The number of carbonyl (C=O) groups is 1. The van der Waals surface area contributed by atoms with Gasteiger partial charge in [0.2, 0.25) is 0 Å². The molecule has 0 atom stereocenters. The van der Waals surface area contributed by atoms with Crippen molar-refractivity contribution >= 4 is 39.7 Å². The Morgan fingerprint density at radius 1 is 1.32 bits per heavy atom. The predicted octanol–water partition coefficient (Wildman–Crippen LogP) is 4.71. The molecule has 1 amide bonds. The van der Waals surface area contributed by atoms with Crippen LogP contribution in [0.4, 0.5) is 0 Å². The fourth-order valence-corrected chi connectivity index (χ4v) is 3.46. The zero-order chi connectivity index (χ0) is 15.5. The molecule has 0 unspecified atom stereocenters. The zero-order valence-corrected chi connectivity index (χ0v) is 13.5. The summed E-state index contributed by atoms with van der Waals surface area (Å²) in [4.78, 5) is 18.7. The highest BCUT2D eigenvalue weighted by molar-refractivity contribution is 7.16. The van der Waals surface area contributed by atoms with Gasteiger partial charge in [-0.05, 0) is 24.3 Å². The lowest BCUT2D eigenvalue weighted by molar-refractivity contribution is 0.0759. The first-order valence-corrected chi connectivity index (χ1v) is 8.09. The molecule has 0 aliphatic rings. The Labute approximate surface area is 137 Å². The lowest BCUT2D eigenvalue weighted by Gasteiger charge is -2.19. The van der Waals surface area contributed by atoms with Crippen LogP contribution >= 0.6 is 22.9 Å². The van der Waals surface area contributed by atoms with Gasteiger partial charge in [-0.3, -0.25) is 4.79 Å². The summed E-state index contributed by atoms with van der Waals surface area (Å²) in [5, 5.41) is 1.03. The summed E-state index contributed by atoms with van der Waals surface area (Å²) in [5.74, 6) is -0.0411. The molecule has 0 aliphatic carbocycles. The maximum absolute atomic E-state index is 12.7. The number of aromatic nitrogens is 1. The number of hydrogen-bond donors (Lipinski definition) is 1. The summed E-state index contributed by atoms with van der Waals surface area (Å²) >= 11 is 7.45. The van der Waals surface area contributed by atoms with Crippen molar-refractivity contribution in [3.63, 3.8) is 0 Å². The molecule has 22 heavy (non-hydrogen) atoms. The third-order valence-corrected chi connectivity index (χ3v) is 4.59. The van der Waals surface area contributed by atoms with Crippen LogP contribution in [0.2, 0.25) is 4.34 Å². The first kappa shape index (κ1) is 14.9. The Morgan fingerprint density at radius 3 is 2.82 bits per heavy atom. The number of thiophene rings is 1. The van der Waals surface area contributed by atoms with Crippen molar-refractivity contribution in [1.29, 1.82) is 0 Å². The molecule has 3 nitrogen and oxygen atoms in total. The minimum absolute atomic E-state index is 0.0411. The number of H-pyrrole nitrogens is 1. The van der Waals surface area contributed by atoms with Crippen LogP contribution in [-0.4, -0.2) is 22.3 Å². The number of nitrogens with zero attached hydrogens (tertiary/aromatic N) is 1. The van der Waals surface area contributed by atoms with E-state index in [2.05, 4.69) is 11.6 Å². The average molecular weight is 331 g/mol. The van der Waals surface area contributed by atoms with Gasteiger partial charge in [-0.25, -0.2) is 0 Å². The molecule has 0 fully saturated rings. The summed E-state index contributed by atoms with van der Waals surface area (Å²) in [6.45, 7) is 4.75. The number of para-hydroxylation sites is 1. The van der Waals surface area contributed by atoms with E-state index in [0.717, 1.165) is 20.1 Å². The number of benzene rings is 1. The van der Waals surface area contributed by atoms with E-state index in [1.165, 1.54) is 11.3 Å². The van der Waals surface area contributed by atoms with Crippen molar-refractivity contribution in [2.75, 3.05) is 6.54 Å². The summed E-state index contributed by atoms with van der Waals surface area (Å²) in [5.41, 5.74) is 1.55. The van der Waals surface area contributed by atoms with Gasteiger partial charge in [0.05, 0.1) is 10.9 Å². The van der Waals surface area contributed by atoms with E-state index in [-0.39, 0.29) is 5.91 Å². The minimum atomic E-state index is -0.0411. The topological polar surface area (TPSA) is 36.1 Å². The number of rotatable bonds is 5. The number of fused-ring (bicyclic) bond motifs is 1. The number of carbonyl (C=O) groups excluding carboxylic acids is 1. The van der Waals surface area contributed by atoms with Gasteiger partial charge in [0, 0.05) is 22.3 Å². The monoisotopic (exact) mass is 330 g/mol. The van der Waals surface area contributed by atoms with Gasteiger partial charge in [0.1, 0.15) is 5.69 Å². The Hall–Kier alpha value is -2.04. The molecule has 112 valence electrons. The molecule has 3 aromatic rings. The Bertz CT molecular complexity index is 788. The second-order valence-electron chi connectivity index (χ2n) is 4.95. The summed E-state index contributed by atoms with van der Waals surface area (Å²) in [6, 6.07) is 13.5. The molecule has 0 radical (unpaired) electrons. The normalized spacial score (nSPS) is 10.8. The average Bonchev–Trinajstić information content (AvgIpc) is 3.12. The second-order valence-corrected chi connectivity index (χ2v) is 6.75. The van der Waals surface area contributed by atoms with Crippen LogP contribution in [0.25, 0.3) is 10.9 Å². The SMILES string of the molecule is C=CCN(Cc1ccc(Cl)s1)C(=O)c1cc2ccccc2[nH]1. The fraction of sp³-hybridized carbons (Fsp3) is 0.118. The molecule has 0 saturated heterocycles.